The van der Waals surface area contributed by atoms with Crippen LogP contribution in [0.15, 0.2) is 35.9 Å². The molecule has 21 heavy (non-hydrogen) atoms. The third kappa shape index (κ3) is 3.40. The number of likely N-dealkylation sites (N-methyl/N-ethyl adjacent to an activating group) is 1. The largest absolute Gasteiger partial charge is 0.573 e. The molecule has 0 amide bonds. The van der Waals surface area contributed by atoms with Crippen LogP contribution in [0.1, 0.15) is 24.8 Å². The summed E-state index contributed by atoms with van der Waals surface area (Å²) in [6, 6.07) is 7.35. The van der Waals surface area contributed by atoms with Crippen LogP contribution in [0.2, 0.25) is 0 Å². The van der Waals surface area contributed by atoms with Crippen molar-refractivity contribution < 1.29 is 17.9 Å². The van der Waals surface area contributed by atoms with Crippen molar-refractivity contribution in [3.8, 4) is 5.75 Å². The van der Waals surface area contributed by atoms with E-state index in [2.05, 4.69) is 22.8 Å². The number of rotatable bonds is 3. The Balaban J connectivity index is 1.65. The number of nitrogens with zero attached hydrogens (tertiary/aromatic N) is 1. The van der Waals surface area contributed by atoms with Crippen LogP contribution in [0.3, 0.4) is 0 Å². The van der Waals surface area contributed by atoms with Crippen molar-refractivity contribution in [2.24, 2.45) is 0 Å². The van der Waals surface area contributed by atoms with E-state index in [9.17, 15) is 13.2 Å². The molecule has 0 spiro atoms. The number of ether oxygens (including phenoxy) is 1. The molecule has 114 valence electrons. The lowest BCUT2D eigenvalue weighted by Gasteiger charge is -2.30. The molecule has 0 aliphatic carbocycles. The molecule has 1 aromatic rings. The zero-order chi connectivity index (χ0) is 15.0. The molecule has 2 aliphatic heterocycles. The van der Waals surface area contributed by atoms with E-state index in [0.29, 0.717) is 12.1 Å². The van der Waals surface area contributed by atoms with Gasteiger partial charge < -0.3 is 4.74 Å². The lowest BCUT2D eigenvalue weighted by Crippen LogP contribution is -2.35. The van der Waals surface area contributed by atoms with E-state index >= 15 is 0 Å². The van der Waals surface area contributed by atoms with Crippen LogP contribution in [0.5, 0.6) is 5.75 Å². The maximum Gasteiger partial charge on any atom is 0.573 e. The summed E-state index contributed by atoms with van der Waals surface area (Å²) < 4.78 is 40.2. The molecule has 2 unspecified atom stereocenters. The quantitative estimate of drug-likeness (QED) is 0.784. The summed E-state index contributed by atoms with van der Waals surface area (Å²) in [6.07, 6.45) is 2.02. The lowest BCUT2D eigenvalue weighted by atomic mass is 9.95. The number of halogens is 3. The van der Waals surface area contributed by atoms with Gasteiger partial charge in [0.15, 0.2) is 0 Å². The Hall–Kier alpha value is -1.49. The number of benzene rings is 1. The summed E-state index contributed by atoms with van der Waals surface area (Å²) in [5.41, 5.74) is 2.42. The van der Waals surface area contributed by atoms with Crippen LogP contribution in [-0.2, 0) is 6.42 Å². The summed E-state index contributed by atoms with van der Waals surface area (Å²) >= 11 is 0. The van der Waals surface area contributed by atoms with Gasteiger partial charge in [0.25, 0.3) is 0 Å². The fourth-order valence-corrected chi connectivity index (χ4v) is 3.33. The maximum absolute atomic E-state index is 12.1. The predicted octanol–water partition coefficient (Wildman–Crippen LogP) is 3.92. The van der Waals surface area contributed by atoms with Gasteiger partial charge in [0.2, 0.25) is 0 Å². The molecule has 5 heteroatoms. The molecular weight excluding hydrogens is 279 g/mol. The van der Waals surface area contributed by atoms with E-state index in [1.807, 2.05) is 0 Å². The van der Waals surface area contributed by atoms with E-state index in [4.69, 9.17) is 0 Å². The van der Waals surface area contributed by atoms with Crippen LogP contribution in [0, 0.1) is 0 Å². The Kier molecular flexibility index (Phi) is 3.69. The molecule has 1 aromatic carbocycles. The minimum atomic E-state index is -4.63. The molecule has 2 heterocycles. The van der Waals surface area contributed by atoms with Crippen LogP contribution < -0.4 is 4.74 Å². The molecule has 1 saturated heterocycles. The van der Waals surface area contributed by atoms with Crippen molar-refractivity contribution >= 4 is 0 Å². The molecule has 2 nitrogen and oxygen atoms in total. The molecule has 2 aliphatic rings. The zero-order valence-corrected chi connectivity index (χ0v) is 11.9. The summed E-state index contributed by atoms with van der Waals surface area (Å²) in [7, 11) is 2.17. The van der Waals surface area contributed by atoms with Gasteiger partial charge in [0.05, 0.1) is 0 Å². The van der Waals surface area contributed by atoms with Crippen molar-refractivity contribution in [3.63, 3.8) is 0 Å². The van der Waals surface area contributed by atoms with Gasteiger partial charge in [-0.1, -0.05) is 23.8 Å². The number of hydrogen-bond donors (Lipinski definition) is 0. The summed E-state index contributed by atoms with van der Waals surface area (Å²) in [6.45, 7) is 0. The van der Waals surface area contributed by atoms with Crippen LogP contribution in [0.25, 0.3) is 0 Å². The van der Waals surface area contributed by atoms with Gasteiger partial charge in [-0.3, -0.25) is 4.90 Å². The van der Waals surface area contributed by atoms with Crippen LogP contribution in [-0.4, -0.2) is 30.4 Å². The average molecular weight is 297 g/mol. The molecule has 3 rings (SSSR count). The molecule has 0 radical (unpaired) electrons. The van der Waals surface area contributed by atoms with Crippen molar-refractivity contribution in [1.29, 1.82) is 0 Å². The third-order valence-corrected chi connectivity index (χ3v) is 4.41. The number of hydrogen-bond acceptors (Lipinski definition) is 2. The van der Waals surface area contributed by atoms with Crippen LogP contribution in [0.4, 0.5) is 13.2 Å². The smallest absolute Gasteiger partial charge is 0.406 e. The Bertz CT molecular complexity index is 535. The first-order valence-corrected chi connectivity index (χ1v) is 7.17. The minimum Gasteiger partial charge on any atom is -0.406 e. The Labute approximate surface area is 122 Å². The predicted molar refractivity (Wildman–Crippen MR) is 74.1 cm³/mol. The summed E-state index contributed by atoms with van der Waals surface area (Å²) in [5.74, 6) is -0.163. The molecule has 2 bridgehead atoms. The highest BCUT2D eigenvalue weighted by molar-refractivity contribution is 5.31. The second-order valence-electron chi connectivity index (χ2n) is 5.86. The highest BCUT2D eigenvalue weighted by atomic mass is 19.4. The molecule has 0 aromatic heterocycles. The third-order valence-electron chi connectivity index (χ3n) is 4.41. The van der Waals surface area contributed by atoms with Gasteiger partial charge in [-0.05, 0) is 50.4 Å². The second kappa shape index (κ2) is 5.37. The summed E-state index contributed by atoms with van der Waals surface area (Å²) in [4.78, 5) is 2.42. The van der Waals surface area contributed by atoms with E-state index in [0.717, 1.165) is 18.4 Å². The second-order valence-corrected chi connectivity index (χ2v) is 5.86. The maximum atomic E-state index is 12.1. The highest BCUT2D eigenvalue weighted by Crippen LogP contribution is 2.34. The van der Waals surface area contributed by atoms with Crippen molar-refractivity contribution in [1.82, 2.24) is 4.90 Å². The van der Waals surface area contributed by atoms with E-state index in [1.165, 1.54) is 30.5 Å². The minimum absolute atomic E-state index is 0.163. The Morgan fingerprint density at radius 3 is 2.52 bits per heavy atom. The van der Waals surface area contributed by atoms with E-state index in [1.54, 1.807) is 12.1 Å². The van der Waals surface area contributed by atoms with Crippen molar-refractivity contribution in [2.75, 3.05) is 7.05 Å². The number of fused-ring (bicyclic) bond motifs is 2. The van der Waals surface area contributed by atoms with Crippen molar-refractivity contribution in [3.05, 3.63) is 41.5 Å². The Morgan fingerprint density at radius 2 is 1.90 bits per heavy atom. The topological polar surface area (TPSA) is 12.5 Å². The first-order valence-electron chi connectivity index (χ1n) is 7.17. The van der Waals surface area contributed by atoms with Crippen LogP contribution >= 0.6 is 0 Å². The average Bonchev–Trinajstić information content (AvgIpc) is 2.62. The Morgan fingerprint density at radius 1 is 1.19 bits per heavy atom. The van der Waals surface area contributed by atoms with Gasteiger partial charge in [-0.15, -0.1) is 13.2 Å². The van der Waals surface area contributed by atoms with Gasteiger partial charge in [-0.25, -0.2) is 0 Å². The first kappa shape index (κ1) is 14.4. The van der Waals surface area contributed by atoms with Gasteiger partial charge in [-0.2, -0.15) is 0 Å². The van der Waals surface area contributed by atoms with Gasteiger partial charge in [0, 0.05) is 12.1 Å². The molecule has 0 saturated carbocycles. The normalized spacial score (nSPS) is 25.8. The molecule has 0 N–H and O–H groups in total. The first-order chi connectivity index (χ1) is 9.90. The van der Waals surface area contributed by atoms with Gasteiger partial charge in [0.1, 0.15) is 5.75 Å². The SMILES string of the molecule is CN1C2C=C(Cc3ccc(OC(F)(F)F)cc3)CC1CC2. The summed E-state index contributed by atoms with van der Waals surface area (Å²) in [5, 5.41) is 0. The van der Waals surface area contributed by atoms with Crippen molar-refractivity contribution in [2.45, 2.75) is 44.1 Å². The molecule has 1 fully saturated rings. The van der Waals surface area contributed by atoms with E-state index < -0.39 is 6.36 Å². The molecule has 2 atom stereocenters. The fraction of sp³-hybridized carbons (Fsp3) is 0.500. The van der Waals surface area contributed by atoms with Gasteiger partial charge >= 0.3 is 6.36 Å². The standard InChI is InChI=1S/C16H18F3NO/c1-20-13-4-5-14(20)10-12(9-13)8-11-2-6-15(7-3-11)21-16(17,18)19/h2-3,6-7,9,13-14H,4-5,8,10H2,1H3. The zero-order valence-electron chi connectivity index (χ0n) is 11.9. The molecular formula is C16H18F3NO. The number of alkyl halides is 3. The fourth-order valence-electron chi connectivity index (χ4n) is 3.33. The monoisotopic (exact) mass is 297 g/mol. The highest BCUT2D eigenvalue weighted by Gasteiger charge is 2.33. The van der Waals surface area contributed by atoms with E-state index in [-0.39, 0.29) is 5.75 Å². The lowest BCUT2D eigenvalue weighted by molar-refractivity contribution is -0.274.